The van der Waals surface area contributed by atoms with E-state index in [4.69, 9.17) is 11.6 Å². The fraction of sp³-hybridized carbons (Fsp3) is 0.273. The van der Waals surface area contributed by atoms with Crippen LogP contribution in [0.1, 0.15) is 31.9 Å². The molecule has 4 nitrogen and oxygen atoms in total. The van der Waals surface area contributed by atoms with Gasteiger partial charge in [-0.2, -0.15) is 0 Å². The predicted octanol–water partition coefficient (Wildman–Crippen LogP) is 4.92. The molecular weight excluding hydrogens is 394 g/mol. The molecule has 3 aromatic rings. The Bertz CT molecular complexity index is 1050. The highest BCUT2D eigenvalue weighted by atomic mass is 35.5. The van der Waals surface area contributed by atoms with Gasteiger partial charge in [-0.3, -0.25) is 0 Å². The number of aliphatic hydroxyl groups excluding tert-OH is 1. The SMILES string of the molecule is CC[C@H](C)[C@H](NS(=O)(=O)c1ccc(Cl)cc1)C(O)c1cccc2ccccc12. The van der Waals surface area contributed by atoms with Crippen molar-refractivity contribution in [2.24, 2.45) is 5.92 Å². The second kappa shape index (κ2) is 8.62. The molecule has 0 heterocycles. The number of fused-ring (bicyclic) bond motifs is 1. The van der Waals surface area contributed by atoms with E-state index in [0.29, 0.717) is 10.6 Å². The van der Waals surface area contributed by atoms with Crippen molar-refractivity contribution in [1.29, 1.82) is 0 Å². The molecule has 0 aromatic heterocycles. The van der Waals surface area contributed by atoms with Crippen molar-refractivity contribution in [2.45, 2.75) is 37.3 Å². The van der Waals surface area contributed by atoms with Crippen LogP contribution >= 0.6 is 11.6 Å². The highest BCUT2D eigenvalue weighted by Gasteiger charge is 2.31. The van der Waals surface area contributed by atoms with Gasteiger partial charge in [-0.1, -0.05) is 74.3 Å². The second-order valence-electron chi connectivity index (χ2n) is 7.00. The van der Waals surface area contributed by atoms with E-state index in [1.54, 1.807) is 0 Å². The van der Waals surface area contributed by atoms with Gasteiger partial charge in [-0.05, 0) is 46.5 Å². The van der Waals surface area contributed by atoms with Crippen molar-refractivity contribution >= 4 is 32.4 Å². The Labute approximate surface area is 171 Å². The molecule has 0 aliphatic carbocycles. The molecule has 28 heavy (non-hydrogen) atoms. The average Bonchev–Trinajstić information content (AvgIpc) is 2.71. The molecule has 0 fully saturated rings. The first-order chi connectivity index (χ1) is 13.3. The van der Waals surface area contributed by atoms with Crippen LogP contribution in [0.25, 0.3) is 10.8 Å². The maximum atomic E-state index is 12.9. The molecule has 2 N–H and O–H groups in total. The zero-order valence-electron chi connectivity index (χ0n) is 15.8. The summed E-state index contributed by atoms with van der Waals surface area (Å²) in [6.45, 7) is 3.91. The maximum Gasteiger partial charge on any atom is 0.240 e. The van der Waals surface area contributed by atoms with Crippen LogP contribution in [-0.2, 0) is 10.0 Å². The lowest BCUT2D eigenvalue weighted by atomic mass is 9.89. The summed E-state index contributed by atoms with van der Waals surface area (Å²) in [5.41, 5.74) is 0.710. The van der Waals surface area contributed by atoms with Crippen molar-refractivity contribution < 1.29 is 13.5 Å². The zero-order chi connectivity index (χ0) is 20.3. The number of benzene rings is 3. The summed E-state index contributed by atoms with van der Waals surface area (Å²) in [5, 5.41) is 13.6. The minimum absolute atomic E-state index is 0.0731. The molecule has 0 aliphatic heterocycles. The molecule has 6 heteroatoms. The van der Waals surface area contributed by atoms with Crippen LogP contribution in [0.15, 0.2) is 71.6 Å². The molecule has 148 valence electrons. The van der Waals surface area contributed by atoms with Crippen LogP contribution in [0.5, 0.6) is 0 Å². The number of aliphatic hydroxyl groups is 1. The van der Waals surface area contributed by atoms with Crippen molar-refractivity contribution in [3.8, 4) is 0 Å². The van der Waals surface area contributed by atoms with E-state index in [1.807, 2.05) is 56.3 Å². The van der Waals surface area contributed by atoms with Crippen LogP contribution in [0.2, 0.25) is 5.02 Å². The maximum absolute atomic E-state index is 12.9. The number of hydrogen-bond acceptors (Lipinski definition) is 3. The molecule has 0 spiro atoms. The van der Waals surface area contributed by atoms with Gasteiger partial charge in [0.25, 0.3) is 0 Å². The smallest absolute Gasteiger partial charge is 0.240 e. The molecule has 0 radical (unpaired) electrons. The fourth-order valence-electron chi connectivity index (χ4n) is 3.31. The number of nitrogens with one attached hydrogen (secondary N) is 1. The third-order valence-electron chi connectivity index (χ3n) is 5.15. The lowest BCUT2D eigenvalue weighted by Crippen LogP contribution is -2.43. The Morgan fingerprint density at radius 3 is 2.32 bits per heavy atom. The molecule has 3 rings (SSSR count). The summed E-state index contributed by atoms with van der Waals surface area (Å²) < 4.78 is 28.5. The second-order valence-corrected chi connectivity index (χ2v) is 9.15. The quantitative estimate of drug-likeness (QED) is 0.573. The first-order valence-electron chi connectivity index (χ1n) is 9.27. The first kappa shape index (κ1) is 20.8. The molecule has 0 bridgehead atoms. The normalized spacial score (nSPS) is 15.3. The molecular formula is C22H24ClNO3S. The van der Waals surface area contributed by atoms with Gasteiger partial charge in [0.15, 0.2) is 0 Å². The zero-order valence-corrected chi connectivity index (χ0v) is 17.4. The monoisotopic (exact) mass is 417 g/mol. The number of hydrogen-bond donors (Lipinski definition) is 2. The van der Waals surface area contributed by atoms with E-state index in [0.717, 1.165) is 17.2 Å². The summed E-state index contributed by atoms with van der Waals surface area (Å²) in [4.78, 5) is 0.121. The Balaban J connectivity index is 1.99. The Hall–Kier alpha value is -1.92. The fourth-order valence-corrected chi connectivity index (χ4v) is 4.78. The van der Waals surface area contributed by atoms with Crippen LogP contribution in [-0.4, -0.2) is 19.6 Å². The minimum atomic E-state index is -3.81. The van der Waals surface area contributed by atoms with Gasteiger partial charge >= 0.3 is 0 Å². The number of halogens is 1. The van der Waals surface area contributed by atoms with E-state index >= 15 is 0 Å². The molecule has 0 aliphatic rings. The van der Waals surface area contributed by atoms with Crippen LogP contribution in [0, 0.1) is 5.92 Å². The molecule has 0 amide bonds. The predicted molar refractivity (Wildman–Crippen MR) is 114 cm³/mol. The Morgan fingerprint density at radius 1 is 1.00 bits per heavy atom. The Morgan fingerprint density at radius 2 is 1.64 bits per heavy atom. The van der Waals surface area contributed by atoms with Crippen LogP contribution in [0.4, 0.5) is 0 Å². The van der Waals surface area contributed by atoms with Gasteiger partial charge in [-0.25, -0.2) is 13.1 Å². The third kappa shape index (κ3) is 4.39. The van der Waals surface area contributed by atoms with Gasteiger partial charge in [0.05, 0.1) is 17.0 Å². The van der Waals surface area contributed by atoms with Gasteiger partial charge in [-0.15, -0.1) is 0 Å². The molecule has 0 saturated heterocycles. The highest BCUT2D eigenvalue weighted by Crippen LogP contribution is 2.30. The van der Waals surface area contributed by atoms with Gasteiger partial charge in [0.1, 0.15) is 0 Å². The first-order valence-corrected chi connectivity index (χ1v) is 11.1. The standard InChI is InChI=1S/C22H24ClNO3S/c1-3-15(2)21(24-28(26,27)18-13-11-17(23)12-14-18)22(25)20-10-6-8-16-7-4-5-9-19(16)20/h4-15,21-22,24-25H,3H2,1-2H3/t15-,21-,22?/m0/s1. The van der Waals surface area contributed by atoms with E-state index in [2.05, 4.69) is 4.72 Å². The average molecular weight is 418 g/mol. The minimum Gasteiger partial charge on any atom is -0.387 e. The van der Waals surface area contributed by atoms with E-state index < -0.39 is 22.2 Å². The molecule has 0 saturated carbocycles. The van der Waals surface area contributed by atoms with E-state index in [-0.39, 0.29) is 10.8 Å². The van der Waals surface area contributed by atoms with Crippen LogP contribution < -0.4 is 4.72 Å². The summed E-state index contributed by atoms with van der Waals surface area (Å²) in [7, 11) is -3.81. The summed E-state index contributed by atoms with van der Waals surface area (Å²) in [5.74, 6) is -0.0731. The Kier molecular flexibility index (Phi) is 6.40. The number of sulfonamides is 1. The highest BCUT2D eigenvalue weighted by molar-refractivity contribution is 7.89. The van der Waals surface area contributed by atoms with E-state index in [9.17, 15) is 13.5 Å². The largest absolute Gasteiger partial charge is 0.387 e. The lowest BCUT2D eigenvalue weighted by Gasteiger charge is -2.29. The molecule has 1 unspecified atom stereocenters. The summed E-state index contributed by atoms with van der Waals surface area (Å²) >= 11 is 5.87. The van der Waals surface area contributed by atoms with Gasteiger partial charge in [0, 0.05) is 5.02 Å². The third-order valence-corrected chi connectivity index (χ3v) is 6.88. The number of rotatable bonds is 7. The molecule has 3 aromatic carbocycles. The summed E-state index contributed by atoms with van der Waals surface area (Å²) in [6, 6.07) is 18.8. The van der Waals surface area contributed by atoms with Crippen molar-refractivity contribution in [2.75, 3.05) is 0 Å². The van der Waals surface area contributed by atoms with Crippen molar-refractivity contribution in [1.82, 2.24) is 4.72 Å². The van der Waals surface area contributed by atoms with Crippen molar-refractivity contribution in [3.05, 3.63) is 77.3 Å². The summed E-state index contributed by atoms with van der Waals surface area (Å²) in [6.07, 6.45) is -0.265. The van der Waals surface area contributed by atoms with E-state index in [1.165, 1.54) is 24.3 Å². The van der Waals surface area contributed by atoms with Gasteiger partial charge in [0.2, 0.25) is 10.0 Å². The van der Waals surface area contributed by atoms with Crippen LogP contribution in [0.3, 0.4) is 0 Å². The lowest BCUT2D eigenvalue weighted by molar-refractivity contribution is 0.113. The van der Waals surface area contributed by atoms with Crippen molar-refractivity contribution in [3.63, 3.8) is 0 Å². The topological polar surface area (TPSA) is 66.4 Å². The van der Waals surface area contributed by atoms with Gasteiger partial charge < -0.3 is 5.11 Å². The molecule has 3 atom stereocenters.